The molecule has 0 aromatic carbocycles. The van der Waals surface area contributed by atoms with Crippen LogP contribution in [0.1, 0.15) is 118 Å². The molecular formula is C22H47N3O2. The van der Waals surface area contributed by atoms with E-state index in [2.05, 4.69) is 13.8 Å². The van der Waals surface area contributed by atoms with Gasteiger partial charge in [-0.25, -0.2) is 0 Å². The minimum atomic E-state index is -0.866. The largest absolute Gasteiger partial charge is 0.480 e. The highest BCUT2D eigenvalue weighted by molar-refractivity contribution is 5.69. The third-order valence-corrected chi connectivity index (χ3v) is 5.60. The minimum absolute atomic E-state index is 0.105. The lowest BCUT2D eigenvalue weighted by Gasteiger charge is -2.47. The number of carboxylic acid groups (broad SMARTS) is 1. The van der Waals surface area contributed by atoms with E-state index in [-0.39, 0.29) is 6.54 Å². The maximum Gasteiger partial charge on any atom is 0.317 e. The number of aliphatic carboxylic acids is 1. The van der Waals surface area contributed by atoms with E-state index in [1.165, 1.54) is 51.4 Å². The highest BCUT2D eigenvalue weighted by atomic mass is 16.4. The van der Waals surface area contributed by atoms with Gasteiger partial charge in [0.1, 0.15) is 0 Å². The summed E-state index contributed by atoms with van der Waals surface area (Å²) in [7, 11) is 0. The second-order valence-corrected chi connectivity index (χ2v) is 8.73. The van der Waals surface area contributed by atoms with Crippen LogP contribution in [0.5, 0.6) is 0 Å². The number of unbranched alkanes of at least 4 members (excludes halogenated alkanes) is 10. The molecule has 27 heavy (non-hydrogen) atoms. The zero-order chi connectivity index (χ0) is 20.8. The van der Waals surface area contributed by atoms with Gasteiger partial charge in [-0.2, -0.15) is 0 Å². The first kappa shape index (κ1) is 26.4. The van der Waals surface area contributed by atoms with E-state index in [1.54, 1.807) is 0 Å². The number of nitrogens with zero attached hydrogens (tertiary/aromatic N) is 1. The molecule has 0 aromatic rings. The molecule has 5 nitrogen and oxygen atoms in total. The second-order valence-electron chi connectivity index (χ2n) is 8.73. The van der Waals surface area contributed by atoms with Crippen LogP contribution in [0.4, 0.5) is 0 Å². The van der Waals surface area contributed by atoms with E-state index < -0.39 is 17.3 Å². The van der Waals surface area contributed by atoms with E-state index in [0.717, 1.165) is 38.5 Å². The Balaban J connectivity index is 4.62. The molecule has 2 atom stereocenters. The molecule has 5 N–H and O–H groups in total. The van der Waals surface area contributed by atoms with Crippen LogP contribution in [-0.4, -0.2) is 33.8 Å². The monoisotopic (exact) mass is 385 g/mol. The lowest BCUT2D eigenvalue weighted by Crippen LogP contribution is -2.67. The zero-order valence-corrected chi connectivity index (χ0v) is 18.6. The van der Waals surface area contributed by atoms with Crippen LogP contribution in [-0.2, 0) is 4.79 Å². The predicted molar refractivity (Wildman–Crippen MR) is 116 cm³/mol. The first-order valence-corrected chi connectivity index (χ1v) is 11.2. The molecule has 0 aromatic heterocycles. The number of carbonyl (C=O) groups is 1. The van der Waals surface area contributed by atoms with Gasteiger partial charge in [-0.3, -0.25) is 9.69 Å². The summed E-state index contributed by atoms with van der Waals surface area (Å²) in [4.78, 5) is 13.3. The van der Waals surface area contributed by atoms with Crippen molar-refractivity contribution in [2.45, 2.75) is 129 Å². The second kappa shape index (κ2) is 14.4. The molecule has 0 fully saturated rings. The Labute approximate surface area is 168 Å². The number of hydrogen-bond acceptors (Lipinski definition) is 4. The van der Waals surface area contributed by atoms with Crippen molar-refractivity contribution in [2.75, 3.05) is 6.54 Å². The first-order valence-electron chi connectivity index (χ1n) is 11.2. The van der Waals surface area contributed by atoms with E-state index in [1.807, 2.05) is 18.7 Å². The van der Waals surface area contributed by atoms with Crippen LogP contribution >= 0.6 is 0 Å². The van der Waals surface area contributed by atoms with Gasteiger partial charge < -0.3 is 16.6 Å². The number of hydrogen-bond donors (Lipinski definition) is 3. The van der Waals surface area contributed by atoms with Crippen LogP contribution < -0.4 is 11.5 Å². The van der Waals surface area contributed by atoms with Crippen molar-refractivity contribution in [1.29, 1.82) is 0 Å². The summed E-state index contributed by atoms with van der Waals surface area (Å²) >= 11 is 0. The average molecular weight is 386 g/mol. The molecule has 0 saturated heterocycles. The van der Waals surface area contributed by atoms with Crippen LogP contribution in [0.25, 0.3) is 0 Å². The van der Waals surface area contributed by atoms with Crippen molar-refractivity contribution in [3.8, 4) is 0 Å². The molecule has 0 aliphatic carbocycles. The van der Waals surface area contributed by atoms with Gasteiger partial charge in [0.25, 0.3) is 0 Å². The van der Waals surface area contributed by atoms with Crippen molar-refractivity contribution in [3.05, 3.63) is 0 Å². The summed E-state index contributed by atoms with van der Waals surface area (Å²) in [5.74, 6) is -0.866. The standard InChI is InChI=1S/C22H47N3O2/c1-5-7-9-11-13-15-17-21(3,23)25(19-20(26)27)22(4,24)18-16-14-12-10-8-6-2/h5-19,23-24H2,1-4H3,(H,26,27). The zero-order valence-electron chi connectivity index (χ0n) is 18.6. The Morgan fingerprint density at radius 2 is 1.07 bits per heavy atom. The van der Waals surface area contributed by atoms with Gasteiger partial charge in [-0.15, -0.1) is 0 Å². The molecule has 0 saturated carbocycles. The smallest absolute Gasteiger partial charge is 0.317 e. The molecule has 0 amide bonds. The molecule has 2 unspecified atom stereocenters. The van der Waals surface area contributed by atoms with Gasteiger partial charge in [0.15, 0.2) is 0 Å². The van der Waals surface area contributed by atoms with Crippen molar-refractivity contribution in [3.63, 3.8) is 0 Å². The third kappa shape index (κ3) is 12.4. The Morgan fingerprint density at radius 3 is 1.41 bits per heavy atom. The lowest BCUT2D eigenvalue weighted by molar-refractivity contribution is -0.143. The quantitative estimate of drug-likeness (QED) is 0.222. The Bertz CT molecular complexity index is 356. The molecule has 5 heteroatoms. The predicted octanol–water partition coefficient (Wildman–Crippen LogP) is 5.22. The molecule has 0 radical (unpaired) electrons. The van der Waals surface area contributed by atoms with E-state index in [9.17, 15) is 9.90 Å². The summed E-state index contributed by atoms with van der Waals surface area (Å²) in [5, 5.41) is 9.40. The summed E-state index contributed by atoms with van der Waals surface area (Å²) in [5.41, 5.74) is 11.8. The van der Waals surface area contributed by atoms with Crippen molar-refractivity contribution >= 4 is 5.97 Å². The van der Waals surface area contributed by atoms with Gasteiger partial charge in [0, 0.05) is 0 Å². The van der Waals surface area contributed by atoms with E-state index in [0.29, 0.717) is 0 Å². The van der Waals surface area contributed by atoms with Gasteiger partial charge in [0.05, 0.1) is 17.9 Å². The molecule has 0 bridgehead atoms. The van der Waals surface area contributed by atoms with Crippen LogP contribution in [0.2, 0.25) is 0 Å². The Morgan fingerprint density at radius 1 is 0.741 bits per heavy atom. The van der Waals surface area contributed by atoms with Crippen molar-refractivity contribution in [2.24, 2.45) is 11.5 Å². The molecule has 0 aliphatic heterocycles. The highest BCUT2D eigenvalue weighted by Crippen LogP contribution is 2.27. The van der Waals surface area contributed by atoms with Gasteiger partial charge in [0.2, 0.25) is 0 Å². The van der Waals surface area contributed by atoms with Gasteiger partial charge >= 0.3 is 5.97 Å². The highest BCUT2D eigenvalue weighted by Gasteiger charge is 2.39. The molecule has 0 aliphatic rings. The van der Waals surface area contributed by atoms with E-state index in [4.69, 9.17) is 11.5 Å². The summed E-state index contributed by atoms with van der Waals surface area (Å²) in [6.45, 7) is 8.20. The van der Waals surface area contributed by atoms with Crippen LogP contribution in [0.15, 0.2) is 0 Å². The topological polar surface area (TPSA) is 92.6 Å². The third-order valence-electron chi connectivity index (χ3n) is 5.60. The number of rotatable bonds is 18. The van der Waals surface area contributed by atoms with E-state index >= 15 is 0 Å². The molecule has 0 spiro atoms. The lowest BCUT2D eigenvalue weighted by atomic mass is 9.94. The number of nitrogens with two attached hydrogens (primary N) is 2. The molecule has 162 valence electrons. The Kier molecular flexibility index (Phi) is 14.0. The average Bonchev–Trinajstić information content (AvgIpc) is 2.58. The fraction of sp³-hybridized carbons (Fsp3) is 0.955. The summed E-state index contributed by atoms with van der Waals surface area (Å²) in [6, 6.07) is 0. The molecule has 0 heterocycles. The maximum atomic E-state index is 11.4. The minimum Gasteiger partial charge on any atom is -0.480 e. The summed E-state index contributed by atoms with van der Waals surface area (Å²) < 4.78 is 0. The number of carboxylic acids is 1. The first-order chi connectivity index (χ1) is 12.7. The summed E-state index contributed by atoms with van der Waals surface area (Å²) in [6.07, 6.45) is 15.9. The normalized spacial score (nSPS) is 16.3. The SMILES string of the molecule is CCCCCCCCC(C)(N)N(CC(=O)O)C(C)(N)CCCCCCCC. The molecular weight excluding hydrogens is 338 g/mol. The van der Waals surface area contributed by atoms with Crippen molar-refractivity contribution in [1.82, 2.24) is 4.90 Å². The van der Waals surface area contributed by atoms with Gasteiger partial charge in [-0.05, 0) is 26.7 Å². The maximum absolute atomic E-state index is 11.4. The molecule has 0 rings (SSSR count). The van der Waals surface area contributed by atoms with Crippen LogP contribution in [0, 0.1) is 0 Å². The fourth-order valence-corrected chi connectivity index (χ4v) is 3.88. The fourth-order valence-electron chi connectivity index (χ4n) is 3.88. The van der Waals surface area contributed by atoms with Gasteiger partial charge in [-0.1, -0.05) is 90.9 Å². The Hall–Kier alpha value is -0.650. The van der Waals surface area contributed by atoms with Crippen LogP contribution in [0.3, 0.4) is 0 Å². The van der Waals surface area contributed by atoms with Crippen molar-refractivity contribution < 1.29 is 9.90 Å².